The molecular weight excluding hydrogens is 450 g/mol. The Morgan fingerprint density at radius 2 is 1.76 bits per heavy atom. The maximum atomic E-state index is 13.1. The van der Waals surface area contributed by atoms with E-state index < -0.39 is 16.1 Å². The molecule has 1 atom stereocenters. The maximum Gasteiger partial charge on any atom is 0.241 e. The van der Waals surface area contributed by atoms with Gasteiger partial charge in [-0.25, -0.2) is 8.42 Å². The average Bonchev–Trinajstić information content (AvgIpc) is 2.82. The quantitative estimate of drug-likeness (QED) is 0.432. The molecule has 1 fully saturated rings. The minimum Gasteiger partial charge on any atom is -0.456 e. The standard InChI is InChI=1S/C26H29N3O4S/c30-26(28-17-15-20-8-4-9-20)25(18-21-6-2-1-3-7-21)29-34(31,32)24-13-11-22(12-14-24)33-23-10-5-16-27-19-23/h1-3,5-7,10-14,16,19-20,25,29H,4,8-9,15,17-18H2,(H,28,30)/t25-/m0/s1. The number of sulfonamides is 1. The van der Waals surface area contributed by atoms with E-state index in [1.807, 2.05) is 30.3 Å². The monoisotopic (exact) mass is 479 g/mol. The Morgan fingerprint density at radius 3 is 2.41 bits per heavy atom. The van der Waals surface area contributed by atoms with Gasteiger partial charge in [0.1, 0.15) is 17.5 Å². The van der Waals surface area contributed by atoms with Crippen molar-refractivity contribution < 1.29 is 17.9 Å². The summed E-state index contributed by atoms with van der Waals surface area (Å²) in [7, 11) is -3.93. The van der Waals surface area contributed by atoms with Crippen LogP contribution in [0.15, 0.2) is 84.0 Å². The van der Waals surface area contributed by atoms with Gasteiger partial charge in [0.2, 0.25) is 15.9 Å². The summed E-state index contributed by atoms with van der Waals surface area (Å²) < 4.78 is 34.5. The molecule has 0 spiro atoms. The van der Waals surface area contributed by atoms with Crippen LogP contribution in [0.1, 0.15) is 31.2 Å². The minimum absolute atomic E-state index is 0.0615. The summed E-state index contributed by atoms with van der Waals surface area (Å²) in [5, 5.41) is 2.92. The van der Waals surface area contributed by atoms with Gasteiger partial charge in [0.05, 0.1) is 11.1 Å². The minimum atomic E-state index is -3.93. The molecular formula is C26H29N3O4S. The van der Waals surface area contributed by atoms with Crippen molar-refractivity contribution in [1.82, 2.24) is 15.0 Å². The van der Waals surface area contributed by atoms with E-state index in [-0.39, 0.29) is 17.2 Å². The van der Waals surface area contributed by atoms with Crippen LogP contribution >= 0.6 is 0 Å². The Kier molecular flexibility index (Phi) is 7.92. The van der Waals surface area contributed by atoms with Crippen LogP contribution in [0.25, 0.3) is 0 Å². The fraction of sp³-hybridized carbons (Fsp3) is 0.308. The van der Waals surface area contributed by atoms with E-state index in [1.54, 1.807) is 36.7 Å². The number of amides is 1. The molecule has 4 rings (SSSR count). The fourth-order valence-electron chi connectivity index (χ4n) is 3.83. The number of carbonyl (C=O) groups excluding carboxylic acids is 1. The molecule has 0 saturated heterocycles. The smallest absolute Gasteiger partial charge is 0.241 e. The molecule has 8 heteroatoms. The third-order valence-electron chi connectivity index (χ3n) is 5.98. The molecule has 1 aromatic heterocycles. The molecule has 34 heavy (non-hydrogen) atoms. The van der Waals surface area contributed by atoms with Crippen LogP contribution in [0.4, 0.5) is 0 Å². The first-order valence-electron chi connectivity index (χ1n) is 11.5. The lowest BCUT2D eigenvalue weighted by Crippen LogP contribution is -2.48. The van der Waals surface area contributed by atoms with Crippen molar-refractivity contribution in [1.29, 1.82) is 0 Å². The lowest BCUT2D eigenvalue weighted by atomic mass is 9.83. The highest BCUT2D eigenvalue weighted by molar-refractivity contribution is 7.89. The Morgan fingerprint density at radius 1 is 1.00 bits per heavy atom. The third-order valence-corrected chi connectivity index (χ3v) is 7.46. The number of rotatable bonds is 11. The lowest BCUT2D eigenvalue weighted by molar-refractivity contribution is -0.122. The van der Waals surface area contributed by atoms with E-state index in [4.69, 9.17) is 4.74 Å². The number of carbonyl (C=O) groups is 1. The first-order chi connectivity index (χ1) is 16.5. The summed E-state index contributed by atoms with van der Waals surface area (Å²) in [5.41, 5.74) is 0.879. The average molecular weight is 480 g/mol. The van der Waals surface area contributed by atoms with Crippen LogP contribution in [0, 0.1) is 5.92 Å². The molecule has 1 aliphatic rings. The number of hydrogen-bond donors (Lipinski definition) is 2. The molecule has 178 valence electrons. The van der Waals surface area contributed by atoms with Gasteiger partial charge in [-0.2, -0.15) is 4.72 Å². The predicted molar refractivity (Wildman–Crippen MR) is 130 cm³/mol. The maximum absolute atomic E-state index is 13.1. The highest BCUT2D eigenvalue weighted by Crippen LogP contribution is 2.28. The molecule has 0 radical (unpaired) electrons. The van der Waals surface area contributed by atoms with E-state index in [0.717, 1.165) is 12.0 Å². The number of benzene rings is 2. The van der Waals surface area contributed by atoms with Crippen LogP contribution in [0.3, 0.4) is 0 Å². The molecule has 1 heterocycles. The van der Waals surface area contributed by atoms with Crippen LogP contribution in [-0.2, 0) is 21.2 Å². The van der Waals surface area contributed by atoms with Gasteiger partial charge in [-0.1, -0.05) is 49.6 Å². The molecule has 2 N–H and O–H groups in total. The second-order valence-electron chi connectivity index (χ2n) is 8.50. The van der Waals surface area contributed by atoms with Gasteiger partial charge >= 0.3 is 0 Å². The third kappa shape index (κ3) is 6.65. The van der Waals surface area contributed by atoms with Crippen molar-refractivity contribution in [3.63, 3.8) is 0 Å². The van der Waals surface area contributed by atoms with E-state index >= 15 is 0 Å². The summed E-state index contributed by atoms with van der Waals surface area (Å²) in [4.78, 5) is 17.0. The van der Waals surface area contributed by atoms with Crippen molar-refractivity contribution >= 4 is 15.9 Å². The zero-order chi connectivity index (χ0) is 23.8. The van der Waals surface area contributed by atoms with Crippen molar-refractivity contribution in [2.45, 2.75) is 43.0 Å². The zero-order valence-corrected chi connectivity index (χ0v) is 19.7. The number of hydrogen-bond acceptors (Lipinski definition) is 5. The van der Waals surface area contributed by atoms with Gasteiger partial charge < -0.3 is 10.1 Å². The van der Waals surface area contributed by atoms with Crippen molar-refractivity contribution in [2.75, 3.05) is 6.54 Å². The van der Waals surface area contributed by atoms with Gasteiger partial charge in [0, 0.05) is 12.7 Å². The molecule has 3 aromatic rings. The molecule has 0 aliphatic heterocycles. The molecule has 0 unspecified atom stereocenters. The summed E-state index contributed by atoms with van der Waals surface area (Å²) in [6.07, 6.45) is 8.06. The predicted octanol–water partition coefficient (Wildman–Crippen LogP) is 4.07. The molecule has 2 aromatic carbocycles. The number of ether oxygens (including phenoxy) is 1. The van der Waals surface area contributed by atoms with E-state index in [9.17, 15) is 13.2 Å². The van der Waals surface area contributed by atoms with Crippen LogP contribution < -0.4 is 14.8 Å². The number of nitrogens with zero attached hydrogens (tertiary/aromatic N) is 1. The highest BCUT2D eigenvalue weighted by atomic mass is 32.2. The second-order valence-corrected chi connectivity index (χ2v) is 10.2. The SMILES string of the molecule is O=C(NCCC1CCC1)[C@H](Cc1ccccc1)NS(=O)(=O)c1ccc(Oc2cccnc2)cc1. The number of aromatic nitrogens is 1. The highest BCUT2D eigenvalue weighted by Gasteiger charge is 2.26. The molecule has 1 saturated carbocycles. The Balaban J connectivity index is 1.44. The normalized spacial score (nSPS) is 14.7. The summed E-state index contributed by atoms with van der Waals surface area (Å²) in [5.74, 6) is 1.39. The van der Waals surface area contributed by atoms with E-state index in [2.05, 4.69) is 15.0 Å². The van der Waals surface area contributed by atoms with E-state index in [1.165, 1.54) is 31.4 Å². The first kappa shape index (κ1) is 23.9. The summed E-state index contributed by atoms with van der Waals surface area (Å²) in [6.45, 7) is 0.552. The molecule has 1 aliphatic carbocycles. The Hall–Kier alpha value is -3.23. The molecule has 1 amide bonds. The Bertz CT molecular complexity index is 1170. The van der Waals surface area contributed by atoms with Gasteiger partial charge in [-0.15, -0.1) is 0 Å². The Labute approximate surface area is 200 Å². The largest absolute Gasteiger partial charge is 0.456 e. The molecule has 0 bridgehead atoms. The second kappa shape index (κ2) is 11.3. The number of nitrogens with one attached hydrogen (secondary N) is 2. The lowest BCUT2D eigenvalue weighted by Gasteiger charge is -2.25. The van der Waals surface area contributed by atoms with Crippen molar-refractivity contribution in [3.05, 3.63) is 84.7 Å². The summed E-state index contributed by atoms with van der Waals surface area (Å²) in [6, 6.07) is 18.1. The van der Waals surface area contributed by atoms with Crippen LogP contribution in [-0.4, -0.2) is 31.9 Å². The number of pyridine rings is 1. The first-order valence-corrected chi connectivity index (χ1v) is 13.0. The zero-order valence-electron chi connectivity index (χ0n) is 18.9. The topological polar surface area (TPSA) is 97.4 Å². The molecule has 7 nitrogen and oxygen atoms in total. The van der Waals surface area contributed by atoms with Gasteiger partial charge in [0.25, 0.3) is 0 Å². The summed E-state index contributed by atoms with van der Waals surface area (Å²) >= 11 is 0. The van der Waals surface area contributed by atoms with Crippen molar-refractivity contribution in [3.8, 4) is 11.5 Å². The van der Waals surface area contributed by atoms with Crippen LogP contribution in [0.5, 0.6) is 11.5 Å². The fourth-order valence-corrected chi connectivity index (χ4v) is 5.02. The van der Waals surface area contributed by atoms with Gasteiger partial charge in [-0.3, -0.25) is 9.78 Å². The van der Waals surface area contributed by atoms with Gasteiger partial charge in [-0.05, 0) is 60.7 Å². The van der Waals surface area contributed by atoms with Crippen molar-refractivity contribution in [2.24, 2.45) is 5.92 Å². The van der Waals surface area contributed by atoms with Gasteiger partial charge in [0.15, 0.2) is 0 Å². The van der Waals surface area contributed by atoms with Crippen LogP contribution in [0.2, 0.25) is 0 Å². The van der Waals surface area contributed by atoms with E-state index in [0.29, 0.717) is 24.0 Å².